The van der Waals surface area contributed by atoms with Gasteiger partial charge >= 0.3 is 5.97 Å². The second-order valence-electron chi connectivity index (χ2n) is 6.61. The molecular formula is C18H24N2O6S. The highest BCUT2D eigenvalue weighted by Gasteiger charge is 2.38. The van der Waals surface area contributed by atoms with Gasteiger partial charge < -0.3 is 10.0 Å². The van der Waals surface area contributed by atoms with Crippen molar-refractivity contribution in [2.75, 3.05) is 20.1 Å². The van der Waals surface area contributed by atoms with Crippen molar-refractivity contribution in [1.82, 2.24) is 9.21 Å². The molecule has 1 amide bonds. The molecule has 0 radical (unpaired) electrons. The summed E-state index contributed by atoms with van der Waals surface area (Å²) in [5, 5.41) is 8.78. The van der Waals surface area contributed by atoms with Crippen LogP contribution < -0.4 is 0 Å². The zero-order valence-corrected chi connectivity index (χ0v) is 16.2. The topological polar surface area (TPSA) is 112 Å². The van der Waals surface area contributed by atoms with E-state index in [1.165, 1.54) is 47.4 Å². The minimum absolute atomic E-state index is 0.0197. The molecule has 1 unspecified atom stereocenters. The SMILES string of the molecule is CC(=O)c1ccc(S(=O)(=O)N2CCCCC2C(=O)N(C)CCC(=O)O)cc1. The first kappa shape index (κ1) is 21.0. The van der Waals surface area contributed by atoms with Gasteiger partial charge in [-0.25, -0.2) is 8.42 Å². The molecule has 8 nitrogen and oxygen atoms in total. The number of ketones is 1. The Morgan fingerprint density at radius 2 is 1.81 bits per heavy atom. The highest BCUT2D eigenvalue weighted by Crippen LogP contribution is 2.26. The van der Waals surface area contributed by atoms with E-state index in [1.807, 2.05) is 0 Å². The third kappa shape index (κ3) is 4.92. The molecule has 1 aliphatic rings. The van der Waals surface area contributed by atoms with E-state index in [4.69, 9.17) is 5.11 Å². The second kappa shape index (κ2) is 8.62. The molecular weight excluding hydrogens is 372 g/mol. The van der Waals surface area contributed by atoms with Gasteiger partial charge in [-0.1, -0.05) is 18.6 Å². The highest BCUT2D eigenvalue weighted by atomic mass is 32.2. The highest BCUT2D eigenvalue weighted by molar-refractivity contribution is 7.89. The maximum Gasteiger partial charge on any atom is 0.305 e. The Morgan fingerprint density at radius 3 is 2.37 bits per heavy atom. The van der Waals surface area contributed by atoms with Crippen LogP contribution in [0.5, 0.6) is 0 Å². The van der Waals surface area contributed by atoms with Crippen molar-refractivity contribution in [1.29, 1.82) is 0 Å². The number of carbonyl (C=O) groups is 3. The van der Waals surface area contributed by atoms with Crippen LogP contribution in [-0.4, -0.2) is 66.6 Å². The van der Waals surface area contributed by atoms with Crippen LogP contribution in [0, 0.1) is 0 Å². The van der Waals surface area contributed by atoms with Gasteiger partial charge in [-0.05, 0) is 31.9 Å². The summed E-state index contributed by atoms with van der Waals surface area (Å²) in [6.07, 6.45) is 1.56. The molecule has 0 spiro atoms. The molecule has 1 aromatic rings. The number of carboxylic acid groups (broad SMARTS) is 1. The summed E-state index contributed by atoms with van der Waals surface area (Å²) >= 11 is 0. The summed E-state index contributed by atoms with van der Waals surface area (Å²) in [5.41, 5.74) is 0.411. The number of Topliss-reactive ketones (excluding diaryl/α,β-unsaturated/α-hetero) is 1. The molecule has 1 aliphatic heterocycles. The number of nitrogens with zero attached hydrogens (tertiary/aromatic N) is 2. The molecule has 0 aromatic heterocycles. The third-order valence-corrected chi connectivity index (χ3v) is 6.57. The zero-order chi connectivity index (χ0) is 20.2. The van der Waals surface area contributed by atoms with Crippen LogP contribution in [-0.2, 0) is 19.6 Å². The number of piperidine rings is 1. The van der Waals surface area contributed by atoms with E-state index in [1.54, 1.807) is 0 Å². The predicted octanol–water partition coefficient (Wildman–Crippen LogP) is 1.37. The van der Waals surface area contributed by atoms with E-state index in [0.717, 1.165) is 6.42 Å². The lowest BCUT2D eigenvalue weighted by Gasteiger charge is -2.35. The monoisotopic (exact) mass is 396 g/mol. The molecule has 1 N–H and O–H groups in total. The van der Waals surface area contributed by atoms with Gasteiger partial charge in [0.25, 0.3) is 0 Å². The minimum atomic E-state index is -3.91. The van der Waals surface area contributed by atoms with E-state index < -0.39 is 27.9 Å². The smallest absolute Gasteiger partial charge is 0.305 e. The largest absolute Gasteiger partial charge is 0.481 e. The molecule has 0 aliphatic carbocycles. The Balaban J connectivity index is 2.25. The Labute approximate surface area is 158 Å². The molecule has 1 atom stereocenters. The van der Waals surface area contributed by atoms with Crippen molar-refractivity contribution in [2.45, 2.75) is 43.5 Å². The molecule has 1 saturated heterocycles. The summed E-state index contributed by atoms with van der Waals surface area (Å²) in [7, 11) is -2.43. The molecule has 2 rings (SSSR count). The Hall–Kier alpha value is -2.26. The lowest BCUT2D eigenvalue weighted by atomic mass is 10.0. The Morgan fingerprint density at radius 1 is 1.19 bits per heavy atom. The maximum absolute atomic E-state index is 13.0. The fraction of sp³-hybridized carbons (Fsp3) is 0.500. The number of amides is 1. The molecule has 1 heterocycles. The molecule has 148 valence electrons. The number of sulfonamides is 1. The minimum Gasteiger partial charge on any atom is -0.481 e. The van der Waals surface area contributed by atoms with Crippen molar-refractivity contribution in [3.8, 4) is 0 Å². The van der Waals surface area contributed by atoms with E-state index in [9.17, 15) is 22.8 Å². The van der Waals surface area contributed by atoms with Crippen LogP contribution in [0.2, 0.25) is 0 Å². The normalized spacial score (nSPS) is 18.1. The molecule has 0 saturated carbocycles. The lowest BCUT2D eigenvalue weighted by molar-refractivity contribution is -0.139. The van der Waals surface area contributed by atoms with Gasteiger partial charge in [0.2, 0.25) is 15.9 Å². The van der Waals surface area contributed by atoms with Crippen LogP contribution in [0.25, 0.3) is 0 Å². The van der Waals surface area contributed by atoms with Gasteiger partial charge in [0.05, 0.1) is 11.3 Å². The number of benzene rings is 1. The lowest BCUT2D eigenvalue weighted by Crippen LogP contribution is -2.52. The molecule has 1 fully saturated rings. The number of hydrogen-bond acceptors (Lipinski definition) is 5. The third-order valence-electron chi connectivity index (χ3n) is 4.64. The summed E-state index contributed by atoms with van der Waals surface area (Å²) < 4.78 is 27.3. The van der Waals surface area contributed by atoms with Gasteiger partial charge in [0.15, 0.2) is 5.78 Å². The van der Waals surface area contributed by atoms with Gasteiger partial charge in [-0.2, -0.15) is 4.31 Å². The van der Waals surface area contributed by atoms with E-state index in [2.05, 4.69) is 0 Å². The van der Waals surface area contributed by atoms with E-state index >= 15 is 0 Å². The molecule has 0 bridgehead atoms. The first-order valence-corrected chi connectivity index (χ1v) is 10.2. The number of aliphatic carboxylic acids is 1. The van der Waals surface area contributed by atoms with Crippen molar-refractivity contribution < 1.29 is 27.9 Å². The van der Waals surface area contributed by atoms with Crippen molar-refractivity contribution in [3.63, 3.8) is 0 Å². The first-order valence-electron chi connectivity index (χ1n) is 8.74. The van der Waals surface area contributed by atoms with E-state index in [-0.39, 0.29) is 30.2 Å². The van der Waals surface area contributed by atoms with Crippen LogP contribution in [0.4, 0.5) is 0 Å². The van der Waals surface area contributed by atoms with Crippen molar-refractivity contribution in [2.24, 2.45) is 0 Å². The fourth-order valence-electron chi connectivity index (χ4n) is 3.06. The summed E-state index contributed by atoms with van der Waals surface area (Å²) in [6, 6.07) is 4.80. The molecule has 9 heteroatoms. The van der Waals surface area contributed by atoms with Gasteiger partial charge in [-0.3, -0.25) is 14.4 Å². The van der Waals surface area contributed by atoms with Crippen LogP contribution >= 0.6 is 0 Å². The van der Waals surface area contributed by atoms with Gasteiger partial charge in [0.1, 0.15) is 6.04 Å². The molecule has 1 aromatic carbocycles. The van der Waals surface area contributed by atoms with Crippen molar-refractivity contribution >= 4 is 27.7 Å². The van der Waals surface area contributed by atoms with Gasteiger partial charge in [-0.15, -0.1) is 0 Å². The van der Waals surface area contributed by atoms with Gasteiger partial charge in [0, 0.05) is 25.7 Å². The van der Waals surface area contributed by atoms with Crippen LogP contribution in [0.15, 0.2) is 29.2 Å². The summed E-state index contributed by atoms with van der Waals surface area (Å²) in [4.78, 5) is 36.1. The number of carbonyl (C=O) groups excluding carboxylic acids is 2. The fourth-order valence-corrected chi connectivity index (χ4v) is 4.72. The number of hydrogen-bond donors (Lipinski definition) is 1. The average molecular weight is 396 g/mol. The summed E-state index contributed by atoms with van der Waals surface area (Å²) in [5.74, 6) is -1.58. The quantitative estimate of drug-likeness (QED) is 0.697. The first-order chi connectivity index (χ1) is 12.6. The maximum atomic E-state index is 13.0. The average Bonchev–Trinajstić information content (AvgIpc) is 2.65. The number of likely N-dealkylation sites (N-methyl/N-ethyl adjacent to an activating group) is 1. The van der Waals surface area contributed by atoms with Crippen LogP contribution in [0.1, 0.15) is 43.0 Å². The van der Waals surface area contributed by atoms with E-state index in [0.29, 0.717) is 18.4 Å². The number of carboxylic acids is 1. The zero-order valence-electron chi connectivity index (χ0n) is 15.4. The predicted molar refractivity (Wildman–Crippen MR) is 97.9 cm³/mol. The Kier molecular flexibility index (Phi) is 6.72. The standard InChI is InChI=1S/C18H24N2O6S/c1-13(21)14-6-8-15(9-7-14)27(25,26)20-11-4-3-5-16(20)18(24)19(2)12-10-17(22)23/h6-9,16H,3-5,10-12H2,1-2H3,(H,22,23). The second-order valence-corrected chi connectivity index (χ2v) is 8.50. The summed E-state index contributed by atoms with van der Waals surface area (Å²) in [6.45, 7) is 1.64. The molecule has 27 heavy (non-hydrogen) atoms. The Bertz CT molecular complexity index is 819. The van der Waals surface area contributed by atoms with Crippen LogP contribution in [0.3, 0.4) is 0 Å². The number of rotatable bonds is 7. The van der Waals surface area contributed by atoms with Crippen molar-refractivity contribution in [3.05, 3.63) is 29.8 Å².